The van der Waals surface area contributed by atoms with Gasteiger partial charge in [0.2, 0.25) is 0 Å². The summed E-state index contributed by atoms with van der Waals surface area (Å²) in [6.07, 6.45) is 1.23. The van der Waals surface area contributed by atoms with E-state index in [1.807, 2.05) is 0 Å². The molecule has 0 unspecified atom stereocenters. The largest absolute Gasteiger partial charge is 0.313 e. The van der Waals surface area contributed by atoms with Gasteiger partial charge in [-0.05, 0) is 23.6 Å². The smallest absolute Gasteiger partial charge is 0.0370 e. The zero-order valence-corrected chi connectivity index (χ0v) is 15.5. The molecule has 0 saturated carbocycles. The molecule has 1 aliphatic rings. The molecule has 1 aliphatic heterocycles. The topological polar surface area (TPSA) is 15.3 Å². The summed E-state index contributed by atoms with van der Waals surface area (Å²) in [5.41, 5.74) is 2.79. The molecule has 3 rings (SSSR count). The maximum Gasteiger partial charge on any atom is 0.0370 e. The third-order valence-corrected chi connectivity index (χ3v) is 5.40. The Balaban J connectivity index is 1.75. The van der Waals surface area contributed by atoms with Gasteiger partial charge in [0.05, 0.1) is 0 Å². The van der Waals surface area contributed by atoms with E-state index in [2.05, 4.69) is 94.6 Å². The van der Waals surface area contributed by atoms with Crippen LogP contribution in [0.1, 0.15) is 37.4 Å². The average Bonchev–Trinajstić information content (AvgIpc) is 2.53. The first-order chi connectivity index (χ1) is 11.1. The molecule has 0 amide bonds. The van der Waals surface area contributed by atoms with E-state index < -0.39 is 0 Å². The van der Waals surface area contributed by atoms with Gasteiger partial charge in [-0.3, -0.25) is 4.90 Å². The van der Waals surface area contributed by atoms with Crippen molar-refractivity contribution >= 4 is 15.9 Å². The summed E-state index contributed by atoms with van der Waals surface area (Å²) in [5.74, 6) is 0. The zero-order valence-electron chi connectivity index (χ0n) is 13.9. The van der Waals surface area contributed by atoms with Crippen LogP contribution in [-0.4, -0.2) is 23.5 Å². The van der Waals surface area contributed by atoms with Crippen molar-refractivity contribution in [3.8, 4) is 0 Å². The molecule has 1 heterocycles. The van der Waals surface area contributed by atoms with Crippen molar-refractivity contribution in [2.75, 3.05) is 6.54 Å². The Labute approximate surface area is 148 Å². The highest BCUT2D eigenvalue weighted by Crippen LogP contribution is 2.40. The molecule has 0 bridgehead atoms. The third kappa shape index (κ3) is 4.03. The molecule has 1 saturated heterocycles. The lowest BCUT2D eigenvalue weighted by Gasteiger charge is -2.49. The molecule has 2 atom stereocenters. The first-order valence-corrected chi connectivity index (χ1v) is 9.22. The molecule has 2 aromatic carbocycles. The van der Waals surface area contributed by atoms with E-state index >= 15 is 0 Å². The van der Waals surface area contributed by atoms with Crippen LogP contribution < -0.4 is 5.32 Å². The van der Waals surface area contributed by atoms with Crippen molar-refractivity contribution in [1.29, 1.82) is 0 Å². The lowest BCUT2D eigenvalue weighted by Crippen LogP contribution is -2.54. The molecule has 1 fully saturated rings. The van der Waals surface area contributed by atoms with Crippen LogP contribution in [0.5, 0.6) is 0 Å². The monoisotopic (exact) mass is 372 g/mol. The van der Waals surface area contributed by atoms with Crippen molar-refractivity contribution in [3.63, 3.8) is 0 Å². The van der Waals surface area contributed by atoms with Gasteiger partial charge in [-0.25, -0.2) is 0 Å². The van der Waals surface area contributed by atoms with E-state index in [9.17, 15) is 0 Å². The lowest BCUT2D eigenvalue weighted by molar-refractivity contribution is 0.00464. The number of hydrogen-bond acceptors (Lipinski definition) is 2. The van der Waals surface area contributed by atoms with Crippen molar-refractivity contribution in [2.24, 2.45) is 0 Å². The molecule has 0 spiro atoms. The molecule has 0 aliphatic carbocycles. The van der Waals surface area contributed by atoms with Crippen LogP contribution in [0.2, 0.25) is 0 Å². The molecule has 122 valence electrons. The minimum absolute atomic E-state index is 0.530. The second-order valence-electron chi connectivity index (χ2n) is 6.64. The molecule has 2 nitrogen and oxygen atoms in total. The first kappa shape index (κ1) is 16.7. The maximum atomic E-state index is 3.69. The van der Waals surface area contributed by atoms with E-state index in [1.165, 1.54) is 22.0 Å². The van der Waals surface area contributed by atoms with Crippen LogP contribution in [-0.2, 0) is 6.54 Å². The first-order valence-electron chi connectivity index (χ1n) is 8.42. The number of hydrogen-bond donors (Lipinski definition) is 1. The lowest BCUT2D eigenvalue weighted by atomic mass is 9.86. The van der Waals surface area contributed by atoms with Crippen LogP contribution in [0.3, 0.4) is 0 Å². The summed E-state index contributed by atoms with van der Waals surface area (Å²) in [7, 11) is 0. The predicted octanol–water partition coefficient (Wildman–Crippen LogP) is 4.76. The zero-order chi connectivity index (χ0) is 16.2. The summed E-state index contributed by atoms with van der Waals surface area (Å²) in [6, 6.07) is 21.1. The summed E-state index contributed by atoms with van der Waals surface area (Å²) in [5, 5.41) is 3.60. The SMILES string of the molecule is CC(C)NC[C@@H]1C[C@H](c2ccccc2)N1Cc1ccccc1Br. The van der Waals surface area contributed by atoms with Crippen molar-refractivity contribution in [1.82, 2.24) is 10.2 Å². The Hall–Kier alpha value is -1.16. The fraction of sp³-hybridized carbons (Fsp3) is 0.400. The van der Waals surface area contributed by atoms with Gasteiger partial charge in [0.15, 0.2) is 0 Å². The van der Waals surface area contributed by atoms with Gasteiger partial charge in [0.1, 0.15) is 0 Å². The van der Waals surface area contributed by atoms with Crippen LogP contribution in [0.4, 0.5) is 0 Å². The minimum atomic E-state index is 0.530. The molecule has 23 heavy (non-hydrogen) atoms. The normalized spacial score (nSPS) is 21.4. The van der Waals surface area contributed by atoms with Gasteiger partial charge >= 0.3 is 0 Å². The van der Waals surface area contributed by atoms with E-state index in [0.29, 0.717) is 18.1 Å². The summed E-state index contributed by atoms with van der Waals surface area (Å²) in [6.45, 7) is 6.48. The van der Waals surface area contributed by atoms with Gasteiger partial charge in [0, 0.05) is 35.7 Å². The quantitative estimate of drug-likeness (QED) is 0.785. The highest BCUT2D eigenvalue weighted by atomic mass is 79.9. The van der Waals surface area contributed by atoms with Gasteiger partial charge in [0.25, 0.3) is 0 Å². The molecule has 3 heteroatoms. The summed E-state index contributed by atoms with van der Waals surface area (Å²) < 4.78 is 1.20. The van der Waals surface area contributed by atoms with E-state index in [0.717, 1.165) is 13.1 Å². The molecular formula is C20H25BrN2. The van der Waals surface area contributed by atoms with Gasteiger partial charge in [-0.2, -0.15) is 0 Å². The maximum absolute atomic E-state index is 3.69. The fourth-order valence-corrected chi connectivity index (χ4v) is 3.69. The van der Waals surface area contributed by atoms with Gasteiger partial charge < -0.3 is 5.32 Å². The van der Waals surface area contributed by atoms with Crippen molar-refractivity contribution in [3.05, 3.63) is 70.2 Å². The van der Waals surface area contributed by atoms with Crippen LogP contribution in [0, 0.1) is 0 Å². The van der Waals surface area contributed by atoms with Crippen LogP contribution >= 0.6 is 15.9 Å². The Morgan fingerprint density at radius 2 is 1.78 bits per heavy atom. The number of likely N-dealkylation sites (tertiary alicyclic amines) is 1. The fourth-order valence-electron chi connectivity index (χ4n) is 3.28. The molecule has 0 radical (unpaired) electrons. The van der Waals surface area contributed by atoms with E-state index in [-0.39, 0.29) is 0 Å². The van der Waals surface area contributed by atoms with Crippen LogP contribution in [0.15, 0.2) is 59.1 Å². The van der Waals surface area contributed by atoms with Crippen molar-refractivity contribution in [2.45, 2.75) is 44.9 Å². The summed E-state index contributed by atoms with van der Waals surface area (Å²) in [4.78, 5) is 2.63. The molecular weight excluding hydrogens is 348 g/mol. The highest BCUT2D eigenvalue weighted by molar-refractivity contribution is 9.10. The number of rotatable bonds is 6. The Morgan fingerprint density at radius 1 is 1.09 bits per heavy atom. The molecule has 1 N–H and O–H groups in total. The second kappa shape index (κ2) is 7.61. The predicted molar refractivity (Wildman–Crippen MR) is 100 cm³/mol. The Morgan fingerprint density at radius 3 is 2.48 bits per heavy atom. The highest BCUT2D eigenvalue weighted by Gasteiger charge is 2.38. The number of nitrogens with zero attached hydrogens (tertiary/aromatic N) is 1. The van der Waals surface area contributed by atoms with Gasteiger partial charge in [-0.1, -0.05) is 78.3 Å². The minimum Gasteiger partial charge on any atom is -0.313 e. The average molecular weight is 373 g/mol. The number of benzene rings is 2. The molecule has 0 aromatic heterocycles. The van der Waals surface area contributed by atoms with E-state index in [4.69, 9.17) is 0 Å². The van der Waals surface area contributed by atoms with Gasteiger partial charge in [-0.15, -0.1) is 0 Å². The summed E-state index contributed by atoms with van der Waals surface area (Å²) >= 11 is 3.69. The standard InChI is InChI=1S/C20H25BrN2/c1-15(2)22-13-18-12-20(16-8-4-3-5-9-16)23(18)14-17-10-6-7-11-19(17)21/h3-11,15,18,20,22H,12-14H2,1-2H3/t18-,20+/m0/s1. The Bertz CT molecular complexity index is 627. The van der Waals surface area contributed by atoms with Crippen molar-refractivity contribution < 1.29 is 0 Å². The third-order valence-electron chi connectivity index (χ3n) is 4.62. The van der Waals surface area contributed by atoms with E-state index in [1.54, 1.807) is 0 Å². The molecule has 2 aromatic rings. The second-order valence-corrected chi connectivity index (χ2v) is 7.50. The van der Waals surface area contributed by atoms with Crippen LogP contribution in [0.25, 0.3) is 0 Å². The Kier molecular flexibility index (Phi) is 5.52. The number of halogens is 1. The number of nitrogens with one attached hydrogen (secondary N) is 1.